The Hall–Kier alpha value is -4.43. The van der Waals surface area contributed by atoms with E-state index < -0.39 is 12.0 Å². The molecule has 192 valence electrons. The molecular formula is C30H26N2O5S. The summed E-state index contributed by atoms with van der Waals surface area (Å²) in [6.07, 6.45) is 1.80. The van der Waals surface area contributed by atoms with Crippen LogP contribution in [0.2, 0.25) is 0 Å². The van der Waals surface area contributed by atoms with Crippen LogP contribution in [0.1, 0.15) is 24.1 Å². The highest BCUT2D eigenvalue weighted by Crippen LogP contribution is 2.30. The Balaban J connectivity index is 1.49. The van der Waals surface area contributed by atoms with Gasteiger partial charge in [0.05, 0.1) is 29.0 Å². The number of fused-ring (bicyclic) bond motifs is 1. The summed E-state index contributed by atoms with van der Waals surface area (Å²) in [6.45, 7) is 2.49. The molecule has 0 saturated carbocycles. The third-order valence-corrected chi connectivity index (χ3v) is 7.08. The number of benzene rings is 3. The lowest BCUT2D eigenvalue weighted by Gasteiger charge is -2.24. The summed E-state index contributed by atoms with van der Waals surface area (Å²) in [6, 6.07) is 25.9. The van der Waals surface area contributed by atoms with Gasteiger partial charge >= 0.3 is 5.97 Å². The largest absolute Gasteiger partial charge is 0.490 e. The number of hydrogen-bond acceptors (Lipinski definition) is 7. The standard InChI is InChI=1S/C30H26N2O5S/c1-20-26(29(34)35-2)27(21-11-5-3-6-12-21)32-28(33)25(38-30(32)31-20)19-22-13-9-10-16-24(22)37-18-17-36-23-14-7-4-8-15-23/h3-16,19,27H,17-18H2,1-2H3. The van der Waals surface area contributed by atoms with Gasteiger partial charge in [-0.3, -0.25) is 9.36 Å². The van der Waals surface area contributed by atoms with Crippen LogP contribution in [0.15, 0.2) is 106 Å². The van der Waals surface area contributed by atoms with E-state index in [0.29, 0.717) is 39.6 Å². The molecule has 0 aliphatic carbocycles. The molecule has 0 saturated heterocycles. The SMILES string of the molecule is COC(=O)C1=C(C)N=c2sc(=Cc3ccccc3OCCOc3ccccc3)c(=O)n2C1c1ccccc1. The first-order valence-corrected chi connectivity index (χ1v) is 12.9. The van der Waals surface area contributed by atoms with Gasteiger partial charge in [-0.1, -0.05) is 78.1 Å². The molecule has 0 bridgehead atoms. The summed E-state index contributed by atoms with van der Waals surface area (Å²) in [5.41, 5.74) is 2.20. The van der Waals surface area contributed by atoms with Crippen molar-refractivity contribution in [3.05, 3.63) is 127 Å². The van der Waals surface area contributed by atoms with Gasteiger partial charge in [0.2, 0.25) is 0 Å². The number of thiazole rings is 1. The van der Waals surface area contributed by atoms with Crippen molar-refractivity contribution in [1.82, 2.24) is 4.57 Å². The quantitative estimate of drug-likeness (QED) is 0.257. The molecule has 7 nitrogen and oxygen atoms in total. The lowest BCUT2D eigenvalue weighted by Crippen LogP contribution is -2.39. The van der Waals surface area contributed by atoms with E-state index in [1.807, 2.05) is 84.9 Å². The molecule has 0 amide bonds. The second-order valence-corrected chi connectivity index (χ2v) is 9.54. The number of para-hydroxylation sites is 2. The fourth-order valence-corrected chi connectivity index (χ4v) is 5.38. The Morgan fingerprint density at radius 2 is 1.61 bits per heavy atom. The zero-order valence-electron chi connectivity index (χ0n) is 21.0. The smallest absolute Gasteiger partial charge is 0.338 e. The fourth-order valence-electron chi connectivity index (χ4n) is 4.34. The molecule has 0 radical (unpaired) electrons. The zero-order valence-corrected chi connectivity index (χ0v) is 21.8. The second kappa shape index (κ2) is 11.3. The molecule has 2 heterocycles. The van der Waals surface area contributed by atoms with Crippen LogP contribution in [0.25, 0.3) is 6.08 Å². The molecule has 38 heavy (non-hydrogen) atoms. The maximum absolute atomic E-state index is 13.7. The van der Waals surface area contributed by atoms with Crippen LogP contribution in [0.3, 0.4) is 0 Å². The minimum Gasteiger partial charge on any atom is -0.490 e. The molecule has 1 atom stereocenters. The summed E-state index contributed by atoms with van der Waals surface area (Å²) >= 11 is 1.28. The summed E-state index contributed by atoms with van der Waals surface area (Å²) in [5.74, 6) is 0.909. The first kappa shape index (κ1) is 25.2. The summed E-state index contributed by atoms with van der Waals surface area (Å²) in [7, 11) is 1.33. The third kappa shape index (κ3) is 5.17. The van der Waals surface area contributed by atoms with Gasteiger partial charge in [0.1, 0.15) is 24.7 Å². The first-order valence-electron chi connectivity index (χ1n) is 12.1. The van der Waals surface area contributed by atoms with Gasteiger partial charge in [0.15, 0.2) is 4.80 Å². The highest BCUT2D eigenvalue weighted by molar-refractivity contribution is 7.07. The van der Waals surface area contributed by atoms with Crippen LogP contribution in [0, 0.1) is 0 Å². The van der Waals surface area contributed by atoms with E-state index in [0.717, 1.165) is 16.9 Å². The van der Waals surface area contributed by atoms with E-state index in [9.17, 15) is 9.59 Å². The van der Waals surface area contributed by atoms with Crippen LogP contribution >= 0.6 is 11.3 Å². The van der Waals surface area contributed by atoms with E-state index in [1.165, 1.54) is 18.4 Å². The normalized spacial score (nSPS) is 15.0. The summed E-state index contributed by atoms with van der Waals surface area (Å²) < 4.78 is 18.8. The van der Waals surface area contributed by atoms with E-state index >= 15 is 0 Å². The molecule has 3 aromatic carbocycles. The lowest BCUT2D eigenvalue weighted by molar-refractivity contribution is -0.136. The van der Waals surface area contributed by atoms with E-state index in [4.69, 9.17) is 14.2 Å². The Bertz CT molecular complexity index is 1660. The van der Waals surface area contributed by atoms with Crippen LogP contribution in [0.5, 0.6) is 11.5 Å². The molecule has 0 N–H and O–H groups in total. The maximum Gasteiger partial charge on any atom is 0.338 e. The summed E-state index contributed by atoms with van der Waals surface area (Å²) in [4.78, 5) is 31.6. The number of ether oxygens (including phenoxy) is 3. The van der Waals surface area contributed by atoms with Crippen molar-refractivity contribution in [2.45, 2.75) is 13.0 Å². The van der Waals surface area contributed by atoms with Crippen molar-refractivity contribution in [2.24, 2.45) is 4.99 Å². The third-order valence-electron chi connectivity index (χ3n) is 6.10. The molecule has 1 unspecified atom stereocenters. The zero-order chi connectivity index (χ0) is 26.5. The fraction of sp³-hybridized carbons (Fsp3) is 0.167. The monoisotopic (exact) mass is 526 g/mol. The molecule has 0 fully saturated rings. The van der Waals surface area contributed by atoms with Crippen molar-refractivity contribution in [3.8, 4) is 11.5 Å². The number of rotatable bonds is 8. The Morgan fingerprint density at radius 3 is 2.34 bits per heavy atom. The van der Waals surface area contributed by atoms with Gasteiger partial charge in [-0.2, -0.15) is 0 Å². The number of allylic oxidation sites excluding steroid dienone is 1. The van der Waals surface area contributed by atoms with Crippen LogP contribution in [-0.2, 0) is 9.53 Å². The second-order valence-electron chi connectivity index (χ2n) is 8.53. The number of nitrogens with zero attached hydrogens (tertiary/aromatic N) is 2. The van der Waals surface area contributed by atoms with Crippen molar-refractivity contribution >= 4 is 23.4 Å². The number of methoxy groups -OCH3 is 1. The average molecular weight is 527 g/mol. The number of esters is 1. The van der Waals surface area contributed by atoms with Crippen LogP contribution < -0.4 is 24.4 Å². The van der Waals surface area contributed by atoms with Gasteiger partial charge in [-0.15, -0.1) is 0 Å². The van der Waals surface area contributed by atoms with Gasteiger partial charge in [-0.05, 0) is 36.8 Å². The highest BCUT2D eigenvalue weighted by atomic mass is 32.1. The molecule has 4 aromatic rings. The molecule has 1 aliphatic heterocycles. The number of hydrogen-bond donors (Lipinski definition) is 0. The van der Waals surface area contributed by atoms with Gasteiger partial charge in [0.25, 0.3) is 5.56 Å². The molecule has 5 rings (SSSR count). The molecule has 1 aliphatic rings. The minimum atomic E-state index is -0.635. The first-order chi connectivity index (χ1) is 18.6. The van der Waals surface area contributed by atoms with Crippen molar-refractivity contribution < 1.29 is 19.0 Å². The van der Waals surface area contributed by atoms with Crippen LogP contribution in [0.4, 0.5) is 0 Å². The minimum absolute atomic E-state index is 0.237. The van der Waals surface area contributed by atoms with Gasteiger partial charge < -0.3 is 14.2 Å². The van der Waals surface area contributed by atoms with Gasteiger partial charge in [-0.25, -0.2) is 9.79 Å². The molecule has 1 aromatic heterocycles. The molecule has 0 spiro atoms. The average Bonchev–Trinajstić information content (AvgIpc) is 3.25. The Morgan fingerprint density at radius 1 is 0.947 bits per heavy atom. The molecular weight excluding hydrogens is 500 g/mol. The maximum atomic E-state index is 13.7. The van der Waals surface area contributed by atoms with Crippen molar-refractivity contribution in [1.29, 1.82) is 0 Å². The van der Waals surface area contributed by atoms with E-state index in [2.05, 4.69) is 4.99 Å². The summed E-state index contributed by atoms with van der Waals surface area (Å²) in [5, 5.41) is 0. The Kier molecular flexibility index (Phi) is 7.51. The number of carbonyl (C=O) groups is 1. The lowest BCUT2D eigenvalue weighted by atomic mass is 9.96. The van der Waals surface area contributed by atoms with Gasteiger partial charge in [0, 0.05) is 5.56 Å². The Labute approximate surface area is 223 Å². The van der Waals surface area contributed by atoms with Crippen molar-refractivity contribution in [2.75, 3.05) is 20.3 Å². The predicted molar refractivity (Wildman–Crippen MR) is 146 cm³/mol. The highest BCUT2D eigenvalue weighted by Gasteiger charge is 2.32. The van der Waals surface area contributed by atoms with Crippen LogP contribution in [-0.4, -0.2) is 30.9 Å². The molecule has 8 heteroatoms. The van der Waals surface area contributed by atoms with E-state index in [-0.39, 0.29) is 5.56 Å². The van der Waals surface area contributed by atoms with Crippen molar-refractivity contribution in [3.63, 3.8) is 0 Å². The number of carbonyl (C=O) groups excluding carboxylic acids is 1. The topological polar surface area (TPSA) is 79.1 Å². The predicted octanol–water partition coefficient (Wildman–Crippen LogP) is 3.87. The van der Waals surface area contributed by atoms with E-state index in [1.54, 1.807) is 17.6 Å². The number of aromatic nitrogens is 1.